The smallest absolute Gasteiger partial charge is 0.312 e. The number of fused-ring (bicyclic) bond motifs is 1. The van der Waals surface area contributed by atoms with Crippen LogP contribution in [0.25, 0.3) is 0 Å². The number of rotatable bonds is 7. The number of ether oxygens (including phenoxy) is 2. The quantitative estimate of drug-likeness (QED) is 0.731. The minimum atomic E-state index is -0.555. The molecule has 2 aromatic rings. The lowest BCUT2D eigenvalue weighted by Gasteiger charge is -2.28. The van der Waals surface area contributed by atoms with Crippen LogP contribution in [0.3, 0.4) is 0 Å². The van der Waals surface area contributed by atoms with Gasteiger partial charge in [-0.2, -0.15) is 0 Å². The van der Waals surface area contributed by atoms with Crippen molar-refractivity contribution in [3.63, 3.8) is 0 Å². The molecule has 1 aliphatic heterocycles. The third-order valence-corrected chi connectivity index (χ3v) is 4.92. The SMILES string of the molecule is CCOc1ccc(CCNC(=O)C(=O)N2CCc3ccccc3C2)cc1OCC. The second-order valence-electron chi connectivity index (χ2n) is 6.90. The van der Waals surface area contributed by atoms with Crippen molar-refractivity contribution in [2.45, 2.75) is 33.2 Å². The van der Waals surface area contributed by atoms with Crippen LogP contribution in [0, 0.1) is 0 Å². The molecule has 0 aromatic heterocycles. The second kappa shape index (κ2) is 9.96. The van der Waals surface area contributed by atoms with E-state index in [0.29, 0.717) is 50.8 Å². The van der Waals surface area contributed by atoms with Crippen LogP contribution in [0.1, 0.15) is 30.5 Å². The van der Waals surface area contributed by atoms with Crippen molar-refractivity contribution in [3.05, 3.63) is 59.2 Å². The number of carbonyl (C=O) groups excluding carboxylic acids is 2. The molecule has 1 heterocycles. The molecule has 0 saturated carbocycles. The molecule has 29 heavy (non-hydrogen) atoms. The molecule has 0 radical (unpaired) electrons. The van der Waals surface area contributed by atoms with Crippen LogP contribution in [0.15, 0.2) is 42.5 Å². The van der Waals surface area contributed by atoms with E-state index < -0.39 is 11.8 Å². The van der Waals surface area contributed by atoms with Gasteiger partial charge in [-0.15, -0.1) is 0 Å². The minimum Gasteiger partial charge on any atom is -0.490 e. The van der Waals surface area contributed by atoms with E-state index in [4.69, 9.17) is 9.47 Å². The molecule has 1 N–H and O–H groups in total. The molecule has 6 heteroatoms. The summed E-state index contributed by atoms with van der Waals surface area (Å²) in [5, 5.41) is 2.74. The average Bonchev–Trinajstić information content (AvgIpc) is 2.75. The highest BCUT2D eigenvalue weighted by atomic mass is 16.5. The highest BCUT2D eigenvalue weighted by Crippen LogP contribution is 2.28. The number of nitrogens with one attached hydrogen (secondary N) is 1. The van der Waals surface area contributed by atoms with Crippen molar-refractivity contribution in [1.29, 1.82) is 0 Å². The first-order valence-corrected chi connectivity index (χ1v) is 10.1. The monoisotopic (exact) mass is 396 g/mol. The van der Waals surface area contributed by atoms with Gasteiger partial charge in [0.15, 0.2) is 11.5 Å². The predicted molar refractivity (Wildman–Crippen MR) is 111 cm³/mol. The minimum absolute atomic E-state index is 0.383. The van der Waals surface area contributed by atoms with Gasteiger partial charge in [0, 0.05) is 19.6 Å². The summed E-state index contributed by atoms with van der Waals surface area (Å²) < 4.78 is 11.2. The Labute approximate surface area is 171 Å². The molecule has 2 aromatic carbocycles. The lowest BCUT2D eigenvalue weighted by atomic mass is 10.00. The van der Waals surface area contributed by atoms with Crippen molar-refractivity contribution in [2.75, 3.05) is 26.3 Å². The Kier molecular flexibility index (Phi) is 7.11. The summed E-state index contributed by atoms with van der Waals surface area (Å²) in [6, 6.07) is 13.8. The topological polar surface area (TPSA) is 67.9 Å². The summed E-state index contributed by atoms with van der Waals surface area (Å²) in [6.07, 6.45) is 1.38. The zero-order chi connectivity index (χ0) is 20.6. The van der Waals surface area contributed by atoms with Gasteiger partial charge in [-0.05, 0) is 55.5 Å². The Morgan fingerprint density at radius 3 is 2.48 bits per heavy atom. The first-order valence-electron chi connectivity index (χ1n) is 10.1. The van der Waals surface area contributed by atoms with Gasteiger partial charge in [0.25, 0.3) is 0 Å². The van der Waals surface area contributed by atoms with Crippen LogP contribution < -0.4 is 14.8 Å². The number of amides is 2. The van der Waals surface area contributed by atoms with Crippen LogP contribution >= 0.6 is 0 Å². The molecule has 0 fully saturated rings. The first-order chi connectivity index (χ1) is 14.1. The molecule has 0 bridgehead atoms. The van der Waals surface area contributed by atoms with Gasteiger partial charge in [-0.1, -0.05) is 30.3 Å². The number of nitrogens with zero attached hydrogens (tertiary/aromatic N) is 1. The zero-order valence-electron chi connectivity index (χ0n) is 17.1. The number of benzene rings is 2. The summed E-state index contributed by atoms with van der Waals surface area (Å²) >= 11 is 0. The second-order valence-corrected chi connectivity index (χ2v) is 6.90. The van der Waals surface area contributed by atoms with Crippen molar-refractivity contribution in [3.8, 4) is 11.5 Å². The standard InChI is InChI=1S/C23H28N2O4/c1-3-28-20-10-9-17(15-21(20)29-4-2)11-13-24-22(26)23(27)25-14-12-18-7-5-6-8-19(18)16-25/h5-10,15H,3-4,11-14,16H2,1-2H3,(H,24,26). The fourth-order valence-corrected chi connectivity index (χ4v) is 3.46. The Bertz CT molecular complexity index is 866. The average molecular weight is 396 g/mol. The van der Waals surface area contributed by atoms with Gasteiger partial charge in [0.05, 0.1) is 13.2 Å². The third-order valence-electron chi connectivity index (χ3n) is 4.92. The Morgan fingerprint density at radius 2 is 1.72 bits per heavy atom. The molecule has 0 aliphatic carbocycles. The molecule has 2 amide bonds. The summed E-state index contributed by atoms with van der Waals surface area (Å²) in [5.74, 6) is 0.380. The van der Waals surface area contributed by atoms with Crippen LogP contribution in [-0.2, 0) is 29.0 Å². The van der Waals surface area contributed by atoms with E-state index in [2.05, 4.69) is 11.4 Å². The zero-order valence-corrected chi connectivity index (χ0v) is 17.1. The third kappa shape index (κ3) is 5.28. The number of hydrogen-bond acceptors (Lipinski definition) is 4. The summed E-state index contributed by atoms with van der Waals surface area (Å²) in [7, 11) is 0. The summed E-state index contributed by atoms with van der Waals surface area (Å²) in [4.78, 5) is 26.4. The van der Waals surface area contributed by atoms with E-state index in [-0.39, 0.29) is 0 Å². The van der Waals surface area contributed by atoms with Crippen molar-refractivity contribution >= 4 is 11.8 Å². The van der Waals surface area contributed by atoms with Gasteiger partial charge >= 0.3 is 11.8 Å². The fraction of sp³-hybridized carbons (Fsp3) is 0.391. The lowest BCUT2D eigenvalue weighted by Crippen LogP contribution is -2.45. The highest BCUT2D eigenvalue weighted by molar-refractivity contribution is 6.35. The maximum absolute atomic E-state index is 12.5. The van der Waals surface area contributed by atoms with E-state index >= 15 is 0 Å². The van der Waals surface area contributed by atoms with Crippen LogP contribution in [-0.4, -0.2) is 43.0 Å². The molecular formula is C23H28N2O4. The largest absolute Gasteiger partial charge is 0.490 e. The molecule has 0 spiro atoms. The van der Waals surface area contributed by atoms with E-state index in [0.717, 1.165) is 17.5 Å². The Hall–Kier alpha value is -3.02. The van der Waals surface area contributed by atoms with E-state index in [1.807, 2.05) is 50.2 Å². The van der Waals surface area contributed by atoms with E-state index in [9.17, 15) is 9.59 Å². The van der Waals surface area contributed by atoms with Gasteiger partial charge < -0.3 is 19.7 Å². The summed E-state index contributed by atoms with van der Waals surface area (Å²) in [5.41, 5.74) is 3.37. The molecule has 6 nitrogen and oxygen atoms in total. The van der Waals surface area contributed by atoms with E-state index in [1.165, 1.54) is 5.56 Å². The highest BCUT2D eigenvalue weighted by Gasteiger charge is 2.25. The number of hydrogen-bond donors (Lipinski definition) is 1. The maximum Gasteiger partial charge on any atom is 0.312 e. The molecule has 1 aliphatic rings. The van der Waals surface area contributed by atoms with Gasteiger partial charge in [0.1, 0.15) is 0 Å². The van der Waals surface area contributed by atoms with Gasteiger partial charge in [0.2, 0.25) is 0 Å². The molecule has 3 rings (SSSR count). The predicted octanol–water partition coefficient (Wildman–Crippen LogP) is 2.73. The molecular weight excluding hydrogens is 368 g/mol. The van der Waals surface area contributed by atoms with Gasteiger partial charge in [-0.25, -0.2) is 0 Å². The van der Waals surface area contributed by atoms with Crippen molar-refractivity contribution in [1.82, 2.24) is 10.2 Å². The van der Waals surface area contributed by atoms with E-state index in [1.54, 1.807) is 4.90 Å². The maximum atomic E-state index is 12.5. The molecule has 0 unspecified atom stereocenters. The fourth-order valence-electron chi connectivity index (χ4n) is 3.46. The first kappa shape index (κ1) is 20.7. The molecule has 0 atom stereocenters. The van der Waals surface area contributed by atoms with Crippen LogP contribution in [0.5, 0.6) is 11.5 Å². The van der Waals surface area contributed by atoms with Gasteiger partial charge in [-0.3, -0.25) is 9.59 Å². The Balaban J connectivity index is 1.52. The normalized spacial score (nSPS) is 12.8. The molecule has 0 saturated heterocycles. The lowest BCUT2D eigenvalue weighted by molar-refractivity contribution is -0.146. The van der Waals surface area contributed by atoms with Crippen molar-refractivity contribution in [2.24, 2.45) is 0 Å². The number of carbonyl (C=O) groups is 2. The van der Waals surface area contributed by atoms with Crippen molar-refractivity contribution < 1.29 is 19.1 Å². The summed E-state index contributed by atoms with van der Waals surface area (Å²) in [6.45, 7) is 6.41. The van der Waals surface area contributed by atoms with Crippen LogP contribution in [0.4, 0.5) is 0 Å². The molecule has 154 valence electrons. The Morgan fingerprint density at radius 1 is 1.00 bits per heavy atom. The van der Waals surface area contributed by atoms with Crippen LogP contribution in [0.2, 0.25) is 0 Å².